The van der Waals surface area contributed by atoms with Crippen molar-refractivity contribution in [2.45, 2.75) is 0 Å². The van der Waals surface area contributed by atoms with Gasteiger partial charge in [0.25, 0.3) is 5.91 Å². The van der Waals surface area contributed by atoms with Crippen molar-refractivity contribution in [2.24, 2.45) is 0 Å². The van der Waals surface area contributed by atoms with Crippen LogP contribution in [0.1, 0.15) is 10.5 Å². The standard InChI is InChI=1S/C20H16FN3O2.BrH/c21-13-5-7-14(8-6-13)24-18-4-2-1-3-15(18)16-11-17(23-12-19(16)24)20(26)22-9-10-25;/h1-8,11-12,25H,9-10H2,(H,22,26);1H. The van der Waals surface area contributed by atoms with Crippen LogP contribution in [0.3, 0.4) is 0 Å². The molecule has 2 heterocycles. The molecule has 1 amide bonds. The fourth-order valence-corrected chi connectivity index (χ4v) is 3.12. The molecule has 4 aromatic rings. The molecule has 0 fully saturated rings. The van der Waals surface area contributed by atoms with E-state index in [-0.39, 0.29) is 47.6 Å². The van der Waals surface area contributed by atoms with Crippen molar-refractivity contribution in [3.05, 3.63) is 72.3 Å². The number of pyridine rings is 1. The van der Waals surface area contributed by atoms with Crippen molar-refractivity contribution in [3.8, 4) is 5.69 Å². The van der Waals surface area contributed by atoms with E-state index in [2.05, 4.69) is 10.3 Å². The van der Waals surface area contributed by atoms with E-state index >= 15 is 0 Å². The molecule has 27 heavy (non-hydrogen) atoms. The minimum Gasteiger partial charge on any atom is -0.395 e. The molecule has 0 saturated carbocycles. The Hall–Kier alpha value is -2.77. The zero-order chi connectivity index (χ0) is 18.1. The van der Waals surface area contributed by atoms with Crippen LogP contribution < -0.4 is 5.32 Å². The smallest absolute Gasteiger partial charge is 0.269 e. The first kappa shape index (κ1) is 19.0. The molecular weight excluding hydrogens is 413 g/mol. The molecule has 0 aliphatic carbocycles. The number of hydrogen-bond acceptors (Lipinski definition) is 3. The quantitative estimate of drug-likeness (QED) is 0.520. The highest BCUT2D eigenvalue weighted by molar-refractivity contribution is 8.93. The van der Waals surface area contributed by atoms with Crippen LogP contribution in [0.2, 0.25) is 0 Å². The number of para-hydroxylation sites is 1. The highest BCUT2D eigenvalue weighted by Gasteiger charge is 2.15. The summed E-state index contributed by atoms with van der Waals surface area (Å²) in [5.41, 5.74) is 2.88. The number of aliphatic hydroxyl groups excluding tert-OH is 1. The molecule has 4 rings (SSSR count). The molecule has 138 valence electrons. The van der Waals surface area contributed by atoms with Crippen molar-refractivity contribution in [1.29, 1.82) is 0 Å². The summed E-state index contributed by atoms with van der Waals surface area (Å²) in [5.74, 6) is -0.630. The molecule has 0 unspecified atom stereocenters. The molecule has 0 radical (unpaired) electrons. The number of halogens is 2. The number of nitrogens with one attached hydrogen (secondary N) is 1. The van der Waals surface area contributed by atoms with Crippen LogP contribution in [0, 0.1) is 5.82 Å². The van der Waals surface area contributed by atoms with Crippen LogP contribution in [-0.2, 0) is 0 Å². The van der Waals surface area contributed by atoms with E-state index in [1.54, 1.807) is 24.4 Å². The van der Waals surface area contributed by atoms with Crippen LogP contribution in [0.25, 0.3) is 27.5 Å². The second kappa shape index (κ2) is 7.85. The first-order valence-electron chi connectivity index (χ1n) is 8.23. The number of fused-ring (bicyclic) bond motifs is 3. The third-order valence-corrected chi connectivity index (χ3v) is 4.27. The third-order valence-electron chi connectivity index (χ3n) is 4.27. The lowest BCUT2D eigenvalue weighted by molar-refractivity contribution is 0.0940. The Morgan fingerprint density at radius 3 is 2.56 bits per heavy atom. The lowest BCUT2D eigenvalue weighted by atomic mass is 10.1. The van der Waals surface area contributed by atoms with Crippen LogP contribution in [0.4, 0.5) is 4.39 Å². The van der Waals surface area contributed by atoms with Gasteiger partial charge in [-0.3, -0.25) is 4.79 Å². The van der Waals surface area contributed by atoms with Crippen molar-refractivity contribution >= 4 is 44.7 Å². The summed E-state index contributed by atoms with van der Waals surface area (Å²) in [6, 6.07) is 15.8. The minimum atomic E-state index is -0.334. The number of aromatic nitrogens is 2. The van der Waals surface area contributed by atoms with E-state index in [0.29, 0.717) is 0 Å². The molecule has 2 aromatic heterocycles. The molecule has 7 heteroatoms. The van der Waals surface area contributed by atoms with E-state index in [4.69, 9.17) is 5.11 Å². The number of nitrogens with zero attached hydrogens (tertiary/aromatic N) is 2. The molecule has 0 atom stereocenters. The van der Waals surface area contributed by atoms with Crippen molar-refractivity contribution in [2.75, 3.05) is 13.2 Å². The lowest BCUT2D eigenvalue weighted by Crippen LogP contribution is -2.27. The van der Waals surface area contributed by atoms with Crippen LogP contribution in [0.15, 0.2) is 60.8 Å². The number of aliphatic hydroxyl groups is 1. The molecule has 2 aromatic carbocycles. The maximum Gasteiger partial charge on any atom is 0.269 e. The summed E-state index contributed by atoms with van der Waals surface area (Å²) in [6.45, 7) is 0.0494. The van der Waals surface area contributed by atoms with Crippen LogP contribution in [0.5, 0.6) is 0 Å². The third kappa shape index (κ3) is 3.43. The van der Waals surface area contributed by atoms with Gasteiger partial charge in [-0.05, 0) is 36.4 Å². The number of rotatable bonds is 4. The molecule has 0 spiro atoms. The highest BCUT2D eigenvalue weighted by atomic mass is 79.9. The Morgan fingerprint density at radius 2 is 1.81 bits per heavy atom. The van der Waals surface area contributed by atoms with Gasteiger partial charge in [-0.2, -0.15) is 0 Å². The Balaban J connectivity index is 0.00000210. The second-order valence-corrected chi connectivity index (χ2v) is 5.90. The topological polar surface area (TPSA) is 67.2 Å². The normalized spacial score (nSPS) is 10.7. The van der Waals surface area contributed by atoms with E-state index in [0.717, 1.165) is 27.5 Å². The maximum absolute atomic E-state index is 13.3. The Labute approximate surface area is 165 Å². The highest BCUT2D eigenvalue weighted by Crippen LogP contribution is 2.31. The molecular formula is C20H17BrFN3O2. The largest absolute Gasteiger partial charge is 0.395 e. The average molecular weight is 430 g/mol. The summed E-state index contributed by atoms with van der Waals surface area (Å²) in [7, 11) is 0. The lowest BCUT2D eigenvalue weighted by Gasteiger charge is -2.07. The van der Waals surface area contributed by atoms with E-state index < -0.39 is 0 Å². The van der Waals surface area contributed by atoms with Gasteiger partial charge in [-0.25, -0.2) is 9.37 Å². The zero-order valence-corrected chi connectivity index (χ0v) is 15.9. The molecule has 5 nitrogen and oxygen atoms in total. The fourth-order valence-electron chi connectivity index (χ4n) is 3.12. The van der Waals surface area contributed by atoms with Gasteiger partial charge in [0.1, 0.15) is 11.5 Å². The van der Waals surface area contributed by atoms with E-state index in [1.807, 2.05) is 28.8 Å². The molecule has 0 aliphatic rings. The van der Waals surface area contributed by atoms with Crippen LogP contribution >= 0.6 is 17.0 Å². The maximum atomic E-state index is 13.3. The van der Waals surface area contributed by atoms with Crippen molar-refractivity contribution in [3.63, 3.8) is 0 Å². The number of benzene rings is 2. The summed E-state index contributed by atoms with van der Waals surface area (Å²) in [5, 5.41) is 13.3. The number of amides is 1. The Bertz CT molecular complexity index is 1110. The van der Waals surface area contributed by atoms with Crippen LogP contribution in [-0.4, -0.2) is 33.7 Å². The van der Waals surface area contributed by atoms with Gasteiger partial charge >= 0.3 is 0 Å². The summed E-state index contributed by atoms with van der Waals surface area (Å²) in [6.07, 6.45) is 1.65. The first-order chi connectivity index (χ1) is 12.7. The monoisotopic (exact) mass is 429 g/mol. The van der Waals surface area contributed by atoms with Gasteiger partial charge in [0.15, 0.2) is 0 Å². The molecule has 0 aliphatic heterocycles. The number of hydrogen-bond donors (Lipinski definition) is 2. The molecule has 2 N–H and O–H groups in total. The van der Waals surface area contributed by atoms with Gasteiger partial charge < -0.3 is 15.0 Å². The first-order valence-corrected chi connectivity index (χ1v) is 8.23. The number of carbonyl (C=O) groups is 1. The van der Waals surface area contributed by atoms with Gasteiger partial charge in [0.2, 0.25) is 0 Å². The summed E-state index contributed by atoms with van der Waals surface area (Å²) >= 11 is 0. The Kier molecular flexibility index (Phi) is 5.53. The number of carbonyl (C=O) groups excluding carboxylic acids is 1. The second-order valence-electron chi connectivity index (χ2n) is 5.90. The summed E-state index contributed by atoms with van der Waals surface area (Å²) in [4.78, 5) is 16.4. The molecule has 0 saturated heterocycles. The average Bonchev–Trinajstić information content (AvgIpc) is 3.00. The predicted octanol–water partition coefficient (Wildman–Crippen LogP) is 3.62. The van der Waals surface area contributed by atoms with E-state index in [9.17, 15) is 9.18 Å². The van der Waals surface area contributed by atoms with Gasteiger partial charge in [-0.1, -0.05) is 18.2 Å². The minimum absolute atomic E-state index is 0. The molecule has 0 bridgehead atoms. The SMILES string of the molecule is Br.O=C(NCCO)c1cc2c3ccccc3n(-c3ccc(F)cc3)c2cn1. The Morgan fingerprint density at radius 1 is 1.07 bits per heavy atom. The van der Waals surface area contributed by atoms with Crippen molar-refractivity contribution in [1.82, 2.24) is 14.9 Å². The zero-order valence-electron chi connectivity index (χ0n) is 14.2. The van der Waals surface area contributed by atoms with Crippen molar-refractivity contribution < 1.29 is 14.3 Å². The van der Waals surface area contributed by atoms with Gasteiger partial charge in [0, 0.05) is 23.0 Å². The summed E-state index contributed by atoms with van der Waals surface area (Å²) < 4.78 is 15.3. The fraction of sp³-hybridized carbons (Fsp3) is 0.100. The van der Waals surface area contributed by atoms with Gasteiger partial charge in [0.05, 0.1) is 23.8 Å². The predicted molar refractivity (Wildman–Crippen MR) is 108 cm³/mol. The van der Waals surface area contributed by atoms with Gasteiger partial charge in [-0.15, -0.1) is 17.0 Å². The van der Waals surface area contributed by atoms with E-state index in [1.165, 1.54) is 12.1 Å².